The van der Waals surface area contributed by atoms with Crippen LogP contribution in [-0.4, -0.2) is 30.8 Å². The molecule has 0 saturated heterocycles. The number of aromatic nitrogens is 2. The minimum Gasteiger partial charge on any atom is -0.352 e. The molecule has 0 fully saturated rings. The lowest BCUT2D eigenvalue weighted by Crippen LogP contribution is -2.24. The van der Waals surface area contributed by atoms with E-state index in [1.807, 2.05) is 36.6 Å². The molecular formula is C25H24N4O3S2. The Balaban J connectivity index is 1.28. The smallest absolute Gasteiger partial charge is 0.261 e. The van der Waals surface area contributed by atoms with Crippen molar-refractivity contribution in [2.75, 3.05) is 11.3 Å². The average Bonchev–Trinajstić information content (AvgIpc) is 3.33. The zero-order valence-corrected chi connectivity index (χ0v) is 20.2. The fourth-order valence-electron chi connectivity index (χ4n) is 3.30. The monoisotopic (exact) mass is 492 g/mol. The van der Waals surface area contributed by atoms with Gasteiger partial charge in [0.05, 0.1) is 21.3 Å². The van der Waals surface area contributed by atoms with Crippen molar-refractivity contribution < 1.29 is 13.2 Å². The molecule has 7 nitrogen and oxygen atoms in total. The number of hydrogen-bond donors (Lipinski definition) is 2. The van der Waals surface area contributed by atoms with Gasteiger partial charge in [0.15, 0.2) is 0 Å². The number of aryl methyl sites for hydroxylation is 2. The van der Waals surface area contributed by atoms with Crippen LogP contribution < -0.4 is 10.0 Å². The SMILES string of the molecule is Cc1ccccc1NS(=O)(=O)c1ccc(C(=O)NCCCc2nc(-c3ccncc3)cs2)cc1. The highest BCUT2D eigenvalue weighted by molar-refractivity contribution is 7.92. The van der Waals surface area contributed by atoms with Gasteiger partial charge in [-0.3, -0.25) is 14.5 Å². The van der Waals surface area contributed by atoms with Crippen LogP contribution in [0.5, 0.6) is 0 Å². The topological polar surface area (TPSA) is 101 Å². The molecule has 0 aliphatic heterocycles. The number of pyridine rings is 1. The molecule has 0 unspecified atom stereocenters. The van der Waals surface area contributed by atoms with Crippen molar-refractivity contribution in [2.45, 2.75) is 24.7 Å². The lowest BCUT2D eigenvalue weighted by Gasteiger charge is -2.11. The number of nitrogens with zero attached hydrogens (tertiary/aromatic N) is 2. The maximum absolute atomic E-state index is 12.7. The fourth-order valence-corrected chi connectivity index (χ4v) is 5.28. The zero-order valence-electron chi connectivity index (χ0n) is 18.6. The van der Waals surface area contributed by atoms with Gasteiger partial charge in [-0.2, -0.15) is 0 Å². The van der Waals surface area contributed by atoms with Gasteiger partial charge >= 0.3 is 0 Å². The summed E-state index contributed by atoms with van der Waals surface area (Å²) in [5.74, 6) is -0.243. The number of rotatable bonds is 9. The number of sulfonamides is 1. The van der Waals surface area contributed by atoms with Crippen LogP contribution in [0.4, 0.5) is 5.69 Å². The number of para-hydroxylation sites is 1. The van der Waals surface area contributed by atoms with Crippen LogP contribution in [0.15, 0.2) is 83.3 Å². The highest BCUT2D eigenvalue weighted by Crippen LogP contribution is 2.22. The first kappa shape index (κ1) is 23.6. The van der Waals surface area contributed by atoms with Gasteiger partial charge in [0.2, 0.25) is 0 Å². The summed E-state index contributed by atoms with van der Waals surface area (Å²) in [6, 6.07) is 16.9. The van der Waals surface area contributed by atoms with Crippen LogP contribution in [0.1, 0.15) is 27.3 Å². The van der Waals surface area contributed by atoms with Gasteiger partial charge in [0, 0.05) is 41.9 Å². The van der Waals surface area contributed by atoms with Crippen molar-refractivity contribution in [1.82, 2.24) is 15.3 Å². The molecule has 2 N–H and O–H groups in total. The van der Waals surface area contributed by atoms with Gasteiger partial charge in [0.25, 0.3) is 15.9 Å². The molecule has 34 heavy (non-hydrogen) atoms. The Morgan fingerprint density at radius 2 is 1.74 bits per heavy atom. The van der Waals surface area contributed by atoms with Crippen LogP contribution in [0.3, 0.4) is 0 Å². The molecule has 0 aliphatic carbocycles. The fraction of sp³-hybridized carbons (Fsp3) is 0.160. The molecule has 0 radical (unpaired) electrons. The second kappa shape index (κ2) is 10.6. The van der Waals surface area contributed by atoms with Crippen LogP contribution in [0.2, 0.25) is 0 Å². The molecular weight excluding hydrogens is 468 g/mol. The zero-order chi connectivity index (χ0) is 24.0. The van der Waals surface area contributed by atoms with E-state index in [9.17, 15) is 13.2 Å². The Morgan fingerprint density at radius 3 is 2.47 bits per heavy atom. The summed E-state index contributed by atoms with van der Waals surface area (Å²) in [5, 5.41) is 5.91. The highest BCUT2D eigenvalue weighted by atomic mass is 32.2. The van der Waals surface area contributed by atoms with E-state index in [2.05, 4.69) is 20.0 Å². The standard InChI is InChI=1S/C25H24N4O3S2/c1-18-5-2-3-6-22(18)29-34(31,32)21-10-8-20(9-11-21)25(30)27-14-4-7-24-28-23(17-33-24)19-12-15-26-16-13-19/h2-3,5-6,8-13,15-17,29H,4,7,14H2,1H3,(H,27,30). The van der Waals surface area contributed by atoms with E-state index < -0.39 is 10.0 Å². The maximum atomic E-state index is 12.7. The van der Waals surface area contributed by atoms with Crippen molar-refractivity contribution in [3.05, 3.63) is 94.6 Å². The molecule has 0 spiro atoms. The Kier molecular flexibility index (Phi) is 7.34. The number of nitrogens with one attached hydrogen (secondary N) is 2. The summed E-state index contributed by atoms with van der Waals surface area (Å²) in [6.07, 6.45) is 5.00. The summed E-state index contributed by atoms with van der Waals surface area (Å²) in [6.45, 7) is 2.33. The average molecular weight is 493 g/mol. The Hall–Kier alpha value is -3.56. The van der Waals surface area contributed by atoms with Crippen LogP contribution in [-0.2, 0) is 16.4 Å². The number of carbonyl (C=O) groups is 1. The molecule has 0 saturated carbocycles. The van der Waals surface area contributed by atoms with Gasteiger partial charge < -0.3 is 5.32 Å². The van der Waals surface area contributed by atoms with Gasteiger partial charge in [-0.15, -0.1) is 11.3 Å². The second-order valence-corrected chi connectivity index (χ2v) is 10.3. The summed E-state index contributed by atoms with van der Waals surface area (Å²) in [4.78, 5) is 21.2. The van der Waals surface area contributed by atoms with Gasteiger partial charge in [-0.25, -0.2) is 13.4 Å². The number of thiazole rings is 1. The quantitative estimate of drug-likeness (QED) is 0.331. The molecule has 2 heterocycles. The lowest BCUT2D eigenvalue weighted by molar-refractivity contribution is 0.0953. The molecule has 4 rings (SSSR count). The minimum atomic E-state index is -3.74. The van der Waals surface area contributed by atoms with Gasteiger partial charge in [0.1, 0.15) is 0 Å². The number of benzene rings is 2. The van der Waals surface area contributed by atoms with E-state index in [4.69, 9.17) is 0 Å². The Bertz CT molecular complexity index is 1370. The summed E-state index contributed by atoms with van der Waals surface area (Å²) in [7, 11) is -3.74. The number of carbonyl (C=O) groups excluding carboxylic acids is 1. The molecule has 0 aliphatic rings. The largest absolute Gasteiger partial charge is 0.352 e. The van der Waals surface area contributed by atoms with E-state index in [0.29, 0.717) is 17.8 Å². The van der Waals surface area contributed by atoms with Gasteiger partial charge in [-0.05, 0) is 61.4 Å². The third-order valence-electron chi connectivity index (χ3n) is 5.20. The molecule has 0 atom stereocenters. The number of anilines is 1. The van der Waals surface area contributed by atoms with E-state index in [1.54, 1.807) is 35.9 Å². The third-order valence-corrected chi connectivity index (χ3v) is 7.49. The van der Waals surface area contributed by atoms with E-state index >= 15 is 0 Å². The summed E-state index contributed by atoms with van der Waals surface area (Å²) < 4.78 is 27.9. The van der Waals surface area contributed by atoms with Crippen LogP contribution in [0.25, 0.3) is 11.3 Å². The van der Waals surface area contributed by atoms with Crippen molar-refractivity contribution in [3.63, 3.8) is 0 Å². The molecule has 9 heteroatoms. The minimum absolute atomic E-state index is 0.0982. The van der Waals surface area contributed by atoms with Crippen molar-refractivity contribution in [2.24, 2.45) is 0 Å². The maximum Gasteiger partial charge on any atom is 0.261 e. The van der Waals surface area contributed by atoms with E-state index in [1.165, 1.54) is 24.3 Å². The summed E-state index contributed by atoms with van der Waals surface area (Å²) >= 11 is 1.60. The Morgan fingerprint density at radius 1 is 1.00 bits per heavy atom. The van der Waals surface area contributed by atoms with E-state index in [-0.39, 0.29) is 10.8 Å². The van der Waals surface area contributed by atoms with Crippen LogP contribution >= 0.6 is 11.3 Å². The second-order valence-electron chi connectivity index (χ2n) is 7.67. The first-order valence-corrected chi connectivity index (χ1v) is 13.1. The normalized spacial score (nSPS) is 11.2. The predicted octanol–water partition coefficient (Wildman–Crippen LogP) is 4.68. The van der Waals surface area contributed by atoms with Crippen molar-refractivity contribution >= 4 is 33.0 Å². The Labute approximate surface area is 203 Å². The molecule has 174 valence electrons. The number of amides is 1. The number of hydrogen-bond acceptors (Lipinski definition) is 6. The first-order chi connectivity index (χ1) is 16.4. The molecule has 1 amide bonds. The molecule has 4 aromatic rings. The first-order valence-electron chi connectivity index (χ1n) is 10.7. The lowest BCUT2D eigenvalue weighted by atomic mass is 10.2. The van der Waals surface area contributed by atoms with Crippen LogP contribution in [0, 0.1) is 6.92 Å². The molecule has 2 aromatic carbocycles. The highest BCUT2D eigenvalue weighted by Gasteiger charge is 2.16. The van der Waals surface area contributed by atoms with Crippen molar-refractivity contribution in [1.29, 1.82) is 0 Å². The predicted molar refractivity (Wildman–Crippen MR) is 134 cm³/mol. The summed E-state index contributed by atoms with van der Waals surface area (Å²) in [5.41, 5.74) is 3.72. The van der Waals surface area contributed by atoms with Crippen molar-refractivity contribution in [3.8, 4) is 11.3 Å². The van der Waals surface area contributed by atoms with Gasteiger partial charge in [-0.1, -0.05) is 18.2 Å². The molecule has 0 bridgehead atoms. The van der Waals surface area contributed by atoms with E-state index in [0.717, 1.165) is 34.7 Å². The third kappa shape index (κ3) is 5.86. The molecule has 2 aromatic heterocycles.